The fourth-order valence-corrected chi connectivity index (χ4v) is 9.41. The third kappa shape index (κ3) is 67.1. The van der Waals surface area contributed by atoms with E-state index in [1.54, 1.807) is 0 Å². The molecule has 0 aliphatic carbocycles. The Morgan fingerprint density at radius 3 is 1.01 bits per heavy atom. The highest BCUT2D eigenvalue weighted by atomic mass is 16.7. The van der Waals surface area contributed by atoms with E-state index in [1.165, 1.54) is 141 Å². The lowest BCUT2D eigenvalue weighted by Gasteiger charge is -2.25. The second-order valence-electron chi connectivity index (χ2n) is 24.1. The number of rotatable bonds is 63. The van der Waals surface area contributed by atoms with Gasteiger partial charge in [-0.1, -0.05) is 283 Å². The molecule has 1 N–H and O–H groups in total. The number of carbonyl (C=O) groups excluding carboxylic acids is 2. The number of quaternary nitrogens is 1. The van der Waals surface area contributed by atoms with E-state index in [-0.39, 0.29) is 32.2 Å². The standard InChI is InChI=1S/C76H129NO8/c1-6-8-10-12-14-16-18-20-22-24-26-28-30-32-34-35-36-37-38-39-41-43-45-47-49-51-53-55-57-59-61-63-65-67-74(79)85-72(71-84-76(75(80)81)82-69-68-77(3,4)5)70-83-73(78)66-64-62-60-58-56-54-52-50-48-46-44-42-40-33-31-29-27-25-23-21-19-17-15-13-11-9-7-2/h8,10,14,16,20,22,25-28,32,34,36-37,39,41,45,47,51,53,72,76H,6-7,9,11-13,15,17-19,21,23-24,29-31,33,35,38,40,42-44,46,48-50,52,54-71H2,1-5H3/p+1/b10-8-,16-14-,22-20-,27-25-,28-26-,34-32-,37-36-,41-39-,47-45-,53-51-. The van der Waals surface area contributed by atoms with Crippen LogP contribution in [-0.2, 0) is 33.3 Å². The van der Waals surface area contributed by atoms with Gasteiger partial charge >= 0.3 is 17.9 Å². The molecule has 9 nitrogen and oxygen atoms in total. The van der Waals surface area contributed by atoms with Gasteiger partial charge in [-0.3, -0.25) is 9.59 Å². The van der Waals surface area contributed by atoms with E-state index in [1.807, 2.05) is 21.1 Å². The van der Waals surface area contributed by atoms with Crippen molar-refractivity contribution in [3.8, 4) is 0 Å². The molecule has 2 atom stereocenters. The molecule has 85 heavy (non-hydrogen) atoms. The van der Waals surface area contributed by atoms with E-state index in [4.69, 9.17) is 18.9 Å². The fourth-order valence-electron chi connectivity index (χ4n) is 9.41. The van der Waals surface area contributed by atoms with Crippen LogP contribution in [0.2, 0.25) is 0 Å². The fraction of sp³-hybridized carbons (Fsp3) is 0.697. The zero-order valence-corrected chi connectivity index (χ0v) is 55.5. The van der Waals surface area contributed by atoms with Crippen LogP contribution in [0.4, 0.5) is 0 Å². The predicted molar refractivity (Wildman–Crippen MR) is 364 cm³/mol. The summed E-state index contributed by atoms with van der Waals surface area (Å²) < 4.78 is 22.9. The number of allylic oxidation sites excluding steroid dienone is 20. The van der Waals surface area contributed by atoms with E-state index in [2.05, 4.69) is 135 Å². The molecule has 486 valence electrons. The van der Waals surface area contributed by atoms with Crippen LogP contribution in [0.25, 0.3) is 0 Å². The highest BCUT2D eigenvalue weighted by molar-refractivity contribution is 5.71. The van der Waals surface area contributed by atoms with Crippen molar-refractivity contribution in [2.75, 3.05) is 47.5 Å². The summed E-state index contributed by atoms with van der Waals surface area (Å²) in [6.45, 7) is 4.75. The van der Waals surface area contributed by atoms with Crippen LogP contribution in [-0.4, -0.2) is 87.4 Å². The Morgan fingerprint density at radius 2 is 0.671 bits per heavy atom. The molecule has 0 aromatic heterocycles. The first kappa shape index (κ1) is 80.7. The van der Waals surface area contributed by atoms with Gasteiger partial charge in [0.25, 0.3) is 6.29 Å². The Labute approximate surface area is 523 Å². The maximum Gasteiger partial charge on any atom is 0.361 e. The van der Waals surface area contributed by atoms with Gasteiger partial charge in [0.05, 0.1) is 34.4 Å². The van der Waals surface area contributed by atoms with Crippen molar-refractivity contribution in [3.63, 3.8) is 0 Å². The van der Waals surface area contributed by atoms with Crippen LogP contribution in [0, 0.1) is 0 Å². The van der Waals surface area contributed by atoms with Crippen molar-refractivity contribution >= 4 is 17.9 Å². The molecule has 0 amide bonds. The van der Waals surface area contributed by atoms with Crippen LogP contribution in [0.15, 0.2) is 122 Å². The van der Waals surface area contributed by atoms with Crippen LogP contribution < -0.4 is 0 Å². The third-order valence-corrected chi connectivity index (χ3v) is 14.7. The Hall–Kier alpha value is -4.31. The first-order valence-electron chi connectivity index (χ1n) is 34.7. The van der Waals surface area contributed by atoms with Crippen molar-refractivity contribution in [1.82, 2.24) is 0 Å². The van der Waals surface area contributed by atoms with E-state index >= 15 is 0 Å². The van der Waals surface area contributed by atoms with Gasteiger partial charge in [0.2, 0.25) is 0 Å². The Morgan fingerprint density at radius 1 is 0.365 bits per heavy atom. The minimum Gasteiger partial charge on any atom is -0.477 e. The summed E-state index contributed by atoms with van der Waals surface area (Å²) in [5, 5.41) is 9.74. The molecule has 0 bridgehead atoms. The third-order valence-electron chi connectivity index (χ3n) is 14.7. The number of hydrogen-bond donors (Lipinski definition) is 1. The summed E-state index contributed by atoms with van der Waals surface area (Å²) in [6, 6.07) is 0. The number of aliphatic carboxylic acids is 1. The van der Waals surface area contributed by atoms with Crippen LogP contribution in [0.1, 0.15) is 284 Å². The molecule has 9 heteroatoms. The average Bonchev–Trinajstić information content (AvgIpc) is 3.49. The van der Waals surface area contributed by atoms with Crippen molar-refractivity contribution in [3.05, 3.63) is 122 Å². The second kappa shape index (κ2) is 65.7. The number of likely N-dealkylation sites (N-methyl/N-ethyl adjacent to an activating group) is 1. The van der Waals surface area contributed by atoms with Gasteiger partial charge in [-0.15, -0.1) is 0 Å². The summed E-state index contributed by atoms with van der Waals surface area (Å²) >= 11 is 0. The number of ether oxygens (including phenoxy) is 4. The minimum atomic E-state index is -1.52. The molecule has 0 aromatic rings. The van der Waals surface area contributed by atoms with Gasteiger partial charge in [0.1, 0.15) is 13.2 Å². The summed E-state index contributed by atoms with van der Waals surface area (Å²) in [7, 11) is 5.96. The first-order chi connectivity index (χ1) is 41.6. The van der Waals surface area contributed by atoms with Gasteiger partial charge in [-0.05, 0) is 109 Å². The van der Waals surface area contributed by atoms with Gasteiger partial charge in [-0.25, -0.2) is 4.79 Å². The number of carbonyl (C=O) groups is 3. The lowest BCUT2D eigenvalue weighted by molar-refractivity contribution is -0.870. The summed E-state index contributed by atoms with van der Waals surface area (Å²) in [5.74, 6) is -2.03. The van der Waals surface area contributed by atoms with Crippen molar-refractivity contribution in [1.29, 1.82) is 0 Å². The van der Waals surface area contributed by atoms with Crippen molar-refractivity contribution < 1.29 is 42.9 Å². The zero-order valence-electron chi connectivity index (χ0n) is 55.5. The molecule has 0 fully saturated rings. The quantitative estimate of drug-likeness (QED) is 0.0211. The number of carboxylic acid groups (broad SMARTS) is 1. The number of unbranched alkanes of at least 4 members (excludes halogenated alkanes) is 28. The maximum absolute atomic E-state index is 12.9. The molecular formula is C76H130NO8+. The molecule has 0 heterocycles. The first-order valence-corrected chi connectivity index (χ1v) is 34.7. The Balaban J connectivity index is 4.22. The van der Waals surface area contributed by atoms with Crippen LogP contribution >= 0.6 is 0 Å². The molecule has 0 aliphatic heterocycles. The predicted octanol–water partition coefficient (Wildman–Crippen LogP) is 21.6. The Kier molecular flexibility index (Phi) is 62.3. The molecule has 2 unspecified atom stereocenters. The monoisotopic (exact) mass is 1180 g/mol. The molecular weight excluding hydrogens is 1050 g/mol. The second-order valence-corrected chi connectivity index (χ2v) is 24.1. The normalized spacial score (nSPS) is 13.5. The molecule has 0 aliphatic rings. The summed E-state index contributed by atoms with van der Waals surface area (Å²) in [4.78, 5) is 37.6. The molecule has 0 radical (unpaired) electrons. The van der Waals surface area contributed by atoms with Gasteiger partial charge < -0.3 is 28.5 Å². The van der Waals surface area contributed by atoms with E-state index in [0.29, 0.717) is 23.9 Å². The zero-order chi connectivity index (χ0) is 61.9. The minimum absolute atomic E-state index is 0.178. The smallest absolute Gasteiger partial charge is 0.361 e. The number of hydrogen-bond acceptors (Lipinski definition) is 7. The van der Waals surface area contributed by atoms with E-state index in [0.717, 1.165) is 109 Å². The van der Waals surface area contributed by atoms with Crippen LogP contribution in [0.5, 0.6) is 0 Å². The van der Waals surface area contributed by atoms with Crippen LogP contribution in [0.3, 0.4) is 0 Å². The maximum atomic E-state index is 12.9. The Bertz CT molecular complexity index is 1810. The van der Waals surface area contributed by atoms with E-state index < -0.39 is 24.3 Å². The number of esters is 2. The summed E-state index contributed by atoms with van der Waals surface area (Å²) in [6.07, 6.45) is 90.2. The molecule has 0 rings (SSSR count). The van der Waals surface area contributed by atoms with Gasteiger partial charge in [-0.2, -0.15) is 0 Å². The number of nitrogens with zero attached hydrogens (tertiary/aromatic N) is 1. The van der Waals surface area contributed by atoms with Crippen molar-refractivity contribution in [2.45, 2.75) is 296 Å². The van der Waals surface area contributed by atoms with Gasteiger partial charge in [0.15, 0.2) is 6.10 Å². The average molecular weight is 1190 g/mol. The summed E-state index contributed by atoms with van der Waals surface area (Å²) in [5.41, 5.74) is 0. The SMILES string of the molecule is CC/C=C\C/C=C\C/C=C\C/C=C\C/C=C\C/C=C\C/C=C\C/C=C\C/C=C\CCCCCCCC(=O)OC(COC(=O)CCCCCCCCCCCCCCCCC/C=C\CCCCCCCCCC)COC(OCC[N+](C)(C)C)C(=O)O. The van der Waals surface area contributed by atoms with Crippen molar-refractivity contribution in [2.24, 2.45) is 0 Å². The highest BCUT2D eigenvalue weighted by Crippen LogP contribution is 2.17. The lowest BCUT2D eigenvalue weighted by Crippen LogP contribution is -2.40. The largest absolute Gasteiger partial charge is 0.477 e. The molecule has 0 spiro atoms. The van der Waals surface area contributed by atoms with E-state index in [9.17, 15) is 19.5 Å². The lowest BCUT2D eigenvalue weighted by atomic mass is 10.0. The number of carboxylic acids is 1. The highest BCUT2D eigenvalue weighted by Gasteiger charge is 2.25. The van der Waals surface area contributed by atoms with Gasteiger partial charge in [0, 0.05) is 12.8 Å². The molecule has 0 saturated heterocycles. The molecule has 0 saturated carbocycles. The molecule has 0 aromatic carbocycles. The topological polar surface area (TPSA) is 108 Å².